The Bertz CT molecular complexity index is 620. The third-order valence-corrected chi connectivity index (χ3v) is 4.83. The summed E-state index contributed by atoms with van der Waals surface area (Å²) in [6, 6.07) is 11.7. The topological polar surface area (TPSA) is 16.1 Å². The van der Waals surface area contributed by atoms with E-state index in [1.165, 1.54) is 42.6 Å². The Kier molecular flexibility index (Phi) is 2.51. The van der Waals surface area contributed by atoms with Crippen LogP contribution < -0.4 is 4.90 Å². The number of hydrogen-bond acceptors (Lipinski definition) is 2. The molecule has 2 bridgehead atoms. The normalized spacial score (nSPS) is 25.4. The van der Waals surface area contributed by atoms with Crippen molar-refractivity contribution in [2.75, 3.05) is 11.4 Å². The van der Waals surface area contributed by atoms with Gasteiger partial charge in [0.05, 0.1) is 5.52 Å². The number of pyridine rings is 1. The summed E-state index contributed by atoms with van der Waals surface area (Å²) in [5, 5.41) is 1.33. The molecule has 2 heterocycles. The van der Waals surface area contributed by atoms with Gasteiger partial charge in [-0.05, 0) is 43.7 Å². The number of piperidine rings is 1. The van der Waals surface area contributed by atoms with E-state index >= 15 is 0 Å². The molecule has 1 saturated heterocycles. The highest BCUT2D eigenvalue weighted by Crippen LogP contribution is 2.42. The SMILES string of the molecule is CCc1cc(N2CC3CCC2C3)c2ccccc2n1. The number of anilines is 1. The standard InChI is InChI=1S/C17H20N2/c1-2-13-10-17(15-5-3-4-6-16(15)18-13)19-11-12-7-8-14(19)9-12/h3-6,10,12,14H,2,7-9,11H2,1H3. The van der Waals surface area contributed by atoms with Crippen molar-refractivity contribution in [1.82, 2.24) is 4.98 Å². The van der Waals surface area contributed by atoms with E-state index in [0.717, 1.165) is 23.9 Å². The largest absolute Gasteiger partial charge is 0.368 e. The quantitative estimate of drug-likeness (QED) is 0.808. The summed E-state index contributed by atoms with van der Waals surface area (Å²) in [6.45, 7) is 3.44. The van der Waals surface area contributed by atoms with Crippen molar-refractivity contribution in [3.8, 4) is 0 Å². The second kappa shape index (κ2) is 4.22. The summed E-state index contributed by atoms with van der Waals surface area (Å²) in [5.41, 5.74) is 3.80. The molecule has 2 fully saturated rings. The van der Waals surface area contributed by atoms with Crippen molar-refractivity contribution in [3.63, 3.8) is 0 Å². The van der Waals surface area contributed by atoms with Crippen LogP contribution in [0.4, 0.5) is 5.69 Å². The fraction of sp³-hybridized carbons (Fsp3) is 0.471. The first-order valence-electron chi connectivity index (χ1n) is 7.50. The van der Waals surface area contributed by atoms with Crippen molar-refractivity contribution in [1.29, 1.82) is 0 Å². The Balaban J connectivity index is 1.88. The van der Waals surface area contributed by atoms with Crippen LogP contribution in [-0.2, 0) is 6.42 Å². The predicted octanol–water partition coefficient (Wildman–Crippen LogP) is 3.79. The molecular formula is C17H20N2. The number of rotatable bonds is 2. The Morgan fingerprint density at radius 3 is 2.89 bits per heavy atom. The monoisotopic (exact) mass is 252 g/mol. The highest BCUT2D eigenvalue weighted by Gasteiger charge is 2.38. The molecule has 2 aromatic rings. The lowest BCUT2D eigenvalue weighted by atomic mass is 10.1. The molecule has 2 atom stereocenters. The maximum Gasteiger partial charge on any atom is 0.0726 e. The van der Waals surface area contributed by atoms with Crippen LogP contribution in [0.1, 0.15) is 31.9 Å². The van der Waals surface area contributed by atoms with Gasteiger partial charge >= 0.3 is 0 Å². The molecule has 1 aliphatic heterocycles. The summed E-state index contributed by atoms with van der Waals surface area (Å²) >= 11 is 0. The van der Waals surface area contributed by atoms with Gasteiger partial charge in [0.25, 0.3) is 0 Å². The minimum absolute atomic E-state index is 0.778. The number of para-hydroxylation sites is 1. The lowest BCUT2D eigenvalue weighted by Crippen LogP contribution is -2.32. The van der Waals surface area contributed by atoms with Gasteiger partial charge in [-0.2, -0.15) is 0 Å². The minimum Gasteiger partial charge on any atom is -0.368 e. The van der Waals surface area contributed by atoms with E-state index in [4.69, 9.17) is 4.98 Å². The van der Waals surface area contributed by atoms with Crippen molar-refractivity contribution in [2.24, 2.45) is 5.92 Å². The van der Waals surface area contributed by atoms with E-state index < -0.39 is 0 Å². The van der Waals surface area contributed by atoms with Gasteiger partial charge in [-0.1, -0.05) is 25.1 Å². The second-order valence-electron chi connectivity index (χ2n) is 5.99. The van der Waals surface area contributed by atoms with E-state index in [0.29, 0.717) is 0 Å². The lowest BCUT2D eigenvalue weighted by molar-refractivity contribution is 0.554. The zero-order valence-corrected chi connectivity index (χ0v) is 11.5. The maximum atomic E-state index is 4.76. The van der Waals surface area contributed by atoms with Crippen LogP contribution in [0.5, 0.6) is 0 Å². The van der Waals surface area contributed by atoms with Gasteiger partial charge in [0.15, 0.2) is 0 Å². The predicted molar refractivity (Wildman–Crippen MR) is 79.6 cm³/mol. The molecule has 98 valence electrons. The number of nitrogens with zero attached hydrogens (tertiary/aromatic N) is 2. The van der Waals surface area contributed by atoms with Gasteiger partial charge in [-0.25, -0.2) is 0 Å². The number of benzene rings is 1. The zero-order valence-electron chi connectivity index (χ0n) is 11.5. The molecule has 2 unspecified atom stereocenters. The van der Waals surface area contributed by atoms with Gasteiger partial charge in [0.1, 0.15) is 0 Å². The first-order valence-corrected chi connectivity index (χ1v) is 7.50. The molecule has 0 radical (unpaired) electrons. The molecular weight excluding hydrogens is 232 g/mol. The molecule has 4 rings (SSSR count). The molecule has 2 aliphatic rings. The smallest absolute Gasteiger partial charge is 0.0726 e. The fourth-order valence-corrected chi connectivity index (χ4v) is 3.85. The molecule has 1 aromatic heterocycles. The van der Waals surface area contributed by atoms with E-state index in [9.17, 15) is 0 Å². The average Bonchev–Trinajstić information content (AvgIpc) is 3.08. The fourth-order valence-electron chi connectivity index (χ4n) is 3.85. The number of aromatic nitrogens is 1. The van der Waals surface area contributed by atoms with Crippen LogP contribution in [0.2, 0.25) is 0 Å². The molecule has 0 spiro atoms. The Labute approximate surface area is 114 Å². The number of fused-ring (bicyclic) bond motifs is 3. The Hall–Kier alpha value is -1.57. The third kappa shape index (κ3) is 1.73. The summed E-state index contributed by atoms with van der Waals surface area (Å²) in [4.78, 5) is 7.41. The molecule has 19 heavy (non-hydrogen) atoms. The van der Waals surface area contributed by atoms with E-state index in [-0.39, 0.29) is 0 Å². The van der Waals surface area contributed by atoms with E-state index in [2.05, 4.69) is 42.2 Å². The van der Waals surface area contributed by atoms with E-state index in [1.807, 2.05) is 0 Å². The summed E-state index contributed by atoms with van der Waals surface area (Å²) in [6.07, 6.45) is 5.23. The number of aryl methyl sites for hydroxylation is 1. The summed E-state index contributed by atoms with van der Waals surface area (Å²) in [7, 11) is 0. The van der Waals surface area contributed by atoms with Gasteiger partial charge in [-0.3, -0.25) is 4.98 Å². The van der Waals surface area contributed by atoms with Crippen LogP contribution in [0.25, 0.3) is 10.9 Å². The molecule has 2 heteroatoms. The molecule has 1 aliphatic carbocycles. The van der Waals surface area contributed by atoms with Crippen molar-refractivity contribution >= 4 is 16.6 Å². The lowest BCUT2D eigenvalue weighted by Gasteiger charge is -2.30. The first kappa shape index (κ1) is 11.3. The van der Waals surface area contributed by atoms with E-state index in [1.54, 1.807) is 0 Å². The van der Waals surface area contributed by atoms with Crippen molar-refractivity contribution < 1.29 is 0 Å². The summed E-state index contributed by atoms with van der Waals surface area (Å²) in [5.74, 6) is 0.932. The Morgan fingerprint density at radius 2 is 2.16 bits per heavy atom. The van der Waals surface area contributed by atoms with Gasteiger partial charge < -0.3 is 4.90 Å². The molecule has 0 N–H and O–H groups in total. The number of hydrogen-bond donors (Lipinski definition) is 0. The highest BCUT2D eigenvalue weighted by molar-refractivity contribution is 5.92. The van der Waals surface area contributed by atoms with Gasteiger partial charge in [0, 0.05) is 29.4 Å². The highest BCUT2D eigenvalue weighted by atomic mass is 15.2. The van der Waals surface area contributed by atoms with Crippen LogP contribution in [0.15, 0.2) is 30.3 Å². The minimum atomic E-state index is 0.778. The molecule has 0 amide bonds. The zero-order chi connectivity index (χ0) is 12.8. The molecule has 1 aromatic carbocycles. The molecule has 2 nitrogen and oxygen atoms in total. The average molecular weight is 252 g/mol. The van der Waals surface area contributed by atoms with Gasteiger partial charge in [-0.15, -0.1) is 0 Å². The first-order chi connectivity index (χ1) is 9.35. The van der Waals surface area contributed by atoms with Crippen LogP contribution >= 0.6 is 0 Å². The Morgan fingerprint density at radius 1 is 1.26 bits per heavy atom. The van der Waals surface area contributed by atoms with Gasteiger partial charge in [0.2, 0.25) is 0 Å². The van der Waals surface area contributed by atoms with Crippen LogP contribution in [0.3, 0.4) is 0 Å². The second-order valence-corrected chi connectivity index (χ2v) is 5.99. The van der Waals surface area contributed by atoms with Crippen molar-refractivity contribution in [2.45, 2.75) is 38.6 Å². The third-order valence-electron chi connectivity index (χ3n) is 4.83. The van der Waals surface area contributed by atoms with Crippen LogP contribution in [0, 0.1) is 5.92 Å². The maximum absolute atomic E-state index is 4.76. The molecule has 1 saturated carbocycles. The van der Waals surface area contributed by atoms with Crippen LogP contribution in [-0.4, -0.2) is 17.6 Å². The van der Waals surface area contributed by atoms with Crippen molar-refractivity contribution in [3.05, 3.63) is 36.0 Å². The summed E-state index contributed by atoms with van der Waals surface area (Å²) < 4.78 is 0.